The van der Waals surface area contributed by atoms with Gasteiger partial charge in [-0.2, -0.15) is 0 Å². The second-order valence-corrected chi connectivity index (χ2v) is 0.843. The molecule has 5 heavy (non-hydrogen) atoms. The van der Waals surface area contributed by atoms with Gasteiger partial charge in [0.1, 0.15) is 0 Å². The van der Waals surface area contributed by atoms with E-state index in [1.807, 2.05) is 0 Å². The molecule has 1 N–H and O–H groups in total. The number of aliphatic hydroxyl groups is 1. The maximum atomic E-state index is 11.0. The lowest BCUT2D eigenvalue weighted by Gasteiger charge is -1.85. The number of hydrogen-bond acceptors (Lipinski definition) is 1. The molecular formula is C3H7FO. The van der Waals surface area contributed by atoms with Crippen molar-refractivity contribution in [2.75, 3.05) is 0 Å². The summed E-state index contributed by atoms with van der Waals surface area (Å²) in [7, 11) is 0. The van der Waals surface area contributed by atoms with Gasteiger partial charge in [0.05, 0.1) is 0 Å². The molecule has 0 aliphatic carbocycles. The molecule has 0 saturated heterocycles. The van der Waals surface area contributed by atoms with Crippen LogP contribution in [0.2, 0.25) is 0 Å². The van der Waals surface area contributed by atoms with Gasteiger partial charge in [-0.25, -0.2) is 4.39 Å². The highest BCUT2D eigenvalue weighted by Crippen LogP contribution is 1.85. The number of aliphatic hydroxyl groups excluding tert-OH is 1. The van der Waals surface area contributed by atoms with Crippen molar-refractivity contribution in [2.24, 2.45) is 0 Å². The van der Waals surface area contributed by atoms with Gasteiger partial charge in [0, 0.05) is 6.42 Å². The van der Waals surface area contributed by atoms with Gasteiger partial charge in [0.2, 0.25) is 0 Å². The van der Waals surface area contributed by atoms with Gasteiger partial charge >= 0.3 is 0 Å². The van der Waals surface area contributed by atoms with Crippen molar-refractivity contribution >= 4 is 0 Å². The number of rotatable bonds is 1. The zero-order chi connectivity index (χ0) is 4.28. The quantitative estimate of drug-likeness (QED) is 0.489. The predicted molar refractivity (Wildman–Crippen MR) is 17.4 cm³/mol. The van der Waals surface area contributed by atoms with E-state index in [0.29, 0.717) is 0 Å². The van der Waals surface area contributed by atoms with E-state index in [-0.39, 0.29) is 6.42 Å². The Hall–Kier alpha value is -0.110. The van der Waals surface area contributed by atoms with E-state index >= 15 is 0 Å². The summed E-state index contributed by atoms with van der Waals surface area (Å²) in [6.45, 7) is 1.57. The van der Waals surface area contributed by atoms with Crippen LogP contribution in [0, 0.1) is 0 Å². The van der Waals surface area contributed by atoms with E-state index < -0.39 is 6.36 Å². The molecule has 0 spiro atoms. The van der Waals surface area contributed by atoms with Gasteiger partial charge in [-0.05, 0) is 0 Å². The van der Waals surface area contributed by atoms with Crippen molar-refractivity contribution in [1.29, 1.82) is 0 Å². The minimum absolute atomic E-state index is 0.194. The molecule has 0 aromatic carbocycles. The first-order chi connectivity index (χ1) is 2.27. The van der Waals surface area contributed by atoms with Gasteiger partial charge in [0.25, 0.3) is 0 Å². The SMILES string of the molecule is CCC(O)F. The third-order valence-corrected chi connectivity index (χ3v) is 0.337. The fourth-order valence-electron chi connectivity index (χ4n) is 0. The van der Waals surface area contributed by atoms with Crippen LogP contribution in [0.25, 0.3) is 0 Å². The summed E-state index contributed by atoms with van der Waals surface area (Å²) in [6, 6.07) is 0. The molecule has 0 aromatic rings. The average Bonchev–Trinajstić information content (AvgIpc) is 1.38. The molecule has 0 radical (unpaired) electrons. The van der Waals surface area contributed by atoms with Crippen LogP contribution in [0.15, 0.2) is 0 Å². The van der Waals surface area contributed by atoms with Crippen LogP contribution in [0.5, 0.6) is 0 Å². The van der Waals surface area contributed by atoms with Crippen molar-refractivity contribution in [3.63, 3.8) is 0 Å². The van der Waals surface area contributed by atoms with Crippen molar-refractivity contribution in [2.45, 2.75) is 19.7 Å². The predicted octanol–water partition coefficient (Wildman–Crippen LogP) is 0.684. The van der Waals surface area contributed by atoms with E-state index in [4.69, 9.17) is 5.11 Å². The van der Waals surface area contributed by atoms with Crippen LogP contribution >= 0.6 is 0 Å². The molecule has 1 unspecified atom stereocenters. The fourth-order valence-corrected chi connectivity index (χ4v) is 0. The normalized spacial score (nSPS) is 15.0. The van der Waals surface area contributed by atoms with Gasteiger partial charge in [-0.3, -0.25) is 0 Å². The Morgan fingerprint density at radius 2 is 2.20 bits per heavy atom. The highest BCUT2D eigenvalue weighted by Gasteiger charge is 1.87. The first kappa shape index (κ1) is 4.89. The highest BCUT2D eigenvalue weighted by molar-refractivity contribution is 4.22. The molecule has 0 fully saturated rings. The molecular weight excluding hydrogens is 71.0 g/mol. The smallest absolute Gasteiger partial charge is 0.196 e. The molecule has 0 aliphatic rings. The fraction of sp³-hybridized carbons (Fsp3) is 1.00. The minimum Gasteiger partial charge on any atom is -0.364 e. The summed E-state index contributed by atoms with van der Waals surface area (Å²) in [5, 5.41) is 7.69. The Bertz CT molecular complexity index is 20.9. The Labute approximate surface area is 30.4 Å². The maximum Gasteiger partial charge on any atom is 0.196 e. The monoisotopic (exact) mass is 78.0 g/mol. The molecule has 0 bridgehead atoms. The molecule has 32 valence electrons. The van der Waals surface area contributed by atoms with Crippen LogP contribution in [0.3, 0.4) is 0 Å². The topological polar surface area (TPSA) is 20.2 Å². The van der Waals surface area contributed by atoms with E-state index in [2.05, 4.69) is 0 Å². The lowest BCUT2D eigenvalue weighted by atomic mass is 10.5. The molecule has 1 nitrogen and oxygen atoms in total. The van der Waals surface area contributed by atoms with Gasteiger partial charge in [-0.1, -0.05) is 6.92 Å². The molecule has 0 heterocycles. The van der Waals surface area contributed by atoms with E-state index in [1.165, 1.54) is 0 Å². The highest BCUT2D eigenvalue weighted by atomic mass is 19.1. The molecule has 0 saturated carbocycles. The van der Waals surface area contributed by atoms with E-state index in [9.17, 15) is 4.39 Å². The Balaban J connectivity index is 2.54. The average molecular weight is 78.1 g/mol. The zero-order valence-electron chi connectivity index (χ0n) is 3.11. The second-order valence-electron chi connectivity index (χ2n) is 0.843. The van der Waals surface area contributed by atoms with Crippen LogP contribution in [0.1, 0.15) is 13.3 Å². The van der Waals surface area contributed by atoms with E-state index in [1.54, 1.807) is 6.92 Å². The summed E-state index contributed by atoms with van der Waals surface area (Å²) >= 11 is 0. The summed E-state index contributed by atoms with van der Waals surface area (Å²) in [5.41, 5.74) is 0. The standard InChI is InChI=1S/C3H7FO/c1-2-3(4)5/h3,5H,2H2,1H3. The van der Waals surface area contributed by atoms with Gasteiger partial charge in [0.15, 0.2) is 6.36 Å². The van der Waals surface area contributed by atoms with Crippen LogP contribution < -0.4 is 0 Å². The molecule has 0 amide bonds. The summed E-state index contributed by atoms with van der Waals surface area (Å²) in [5.74, 6) is 0. The second kappa shape index (κ2) is 2.15. The summed E-state index contributed by atoms with van der Waals surface area (Å²) in [6.07, 6.45) is -1.42. The van der Waals surface area contributed by atoms with Crippen molar-refractivity contribution in [3.8, 4) is 0 Å². The largest absolute Gasteiger partial charge is 0.364 e. The van der Waals surface area contributed by atoms with Crippen LogP contribution in [-0.2, 0) is 0 Å². The molecule has 1 atom stereocenters. The Morgan fingerprint density at radius 3 is 2.20 bits per heavy atom. The van der Waals surface area contributed by atoms with Gasteiger partial charge < -0.3 is 5.11 Å². The molecule has 0 aliphatic heterocycles. The third kappa shape index (κ3) is 3.89. The first-order valence-electron chi connectivity index (χ1n) is 1.59. The molecule has 0 aromatic heterocycles. The van der Waals surface area contributed by atoms with Crippen molar-refractivity contribution in [3.05, 3.63) is 0 Å². The van der Waals surface area contributed by atoms with Crippen molar-refractivity contribution in [1.82, 2.24) is 0 Å². The number of hydrogen-bond donors (Lipinski definition) is 1. The first-order valence-corrected chi connectivity index (χ1v) is 1.59. The maximum absolute atomic E-state index is 11.0. The number of alkyl halides is 1. The Kier molecular flexibility index (Phi) is 2.10. The van der Waals surface area contributed by atoms with Crippen LogP contribution in [-0.4, -0.2) is 11.5 Å². The zero-order valence-corrected chi connectivity index (χ0v) is 3.11. The van der Waals surface area contributed by atoms with E-state index in [0.717, 1.165) is 0 Å². The summed E-state index contributed by atoms with van der Waals surface area (Å²) in [4.78, 5) is 0. The lowest BCUT2D eigenvalue weighted by Crippen LogP contribution is -1.90. The molecule has 2 heteroatoms. The number of halogens is 1. The van der Waals surface area contributed by atoms with Crippen LogP contribution in [0.4, 0.5) is 4.39 Å². The third-order valence-electron chi connectivity index (χ3n) is 0.337. The lowest BCUT2D eigenvalue weighted by molar-refractivity contribution is 0.0391. The minimum atomic E-state index is -1.62. The van der Waals surface area contributed by atoms with Crippen molar-refractivity contribution < 1.29 is 9.50 Å². The summed E-state index contributed by atoms with van der Waals surface area (Å²) < 4.78 is 11.0. The van der Waals surface area contributed by atoms with Gasteiger partial charge in [-0.15, -0.1) is 0 Å². The Morgan fingerprint density at radius 1 is 2.00 bits per heavy atom. The molecule has 0 rings (SSSR count).